The van der Waals surface area contributed by atoms with Crippen molar-refractivity contribution >= 4 is 17.1 Å². The van der Waals surface area contributed by atoms with Crippen molar-refractivity contribution in [2.75, 3.05) is 24.3 Å². The number of hydrogen-bond donors (Lipinski definition) is 1. The van der Waals surface area contributed by atoms with Gasteiger partial charge in [0.1, 0.15) is 11.6 Å². The van der Waals surface area contributed by atoms with E-state index in [0.717, 1.165) is 17.8 Å². The summed E-state index contributed by atoms with van der Waals surface area (Å²) >= 11 is 0. The van der Waals surface area contributed by atoms with Crippen LogP contribution in [-0.2, 0) is 0 Å². The van der Waals surface area contributed by atoms with Gasteiger partial charge in [-0.3, -0.25) is 0 Å². The lowest BCUT2D eigenvalue weighted by molar-refractivity contribution is 0.319. The molecule has 0 amide bonds. The molecule has 0 radical (unpaired) electrons. The maximum absolute atomic E-state index is 13.3. The number of rotatable bonds is 5. The van der Waals surface area contributed by atoms with Crippen LogP contribution in [0.2, 0.25) is 0 Å². The second-order valence-electron chi connectivity index (χ2n) is 4.61. The molecule has 2 aromatic carbocycles. The van der Waals surface area contributed by atoms with Crippen molar-refractivity contribution in [2.45, 2.75) is 13.3 Å². The number of nitrogens with two attached hydrogens (primary N) is 1. The van der Waals surface area contributed by atoms with E-state index in [2.05, 4.69) is 0 Å². The first-order valence-electron chi connectivity index (χ1n) is 6.63. The van der Waals surface area contributed by atoms with Crippen molar-refractivity contribution in [1.29, 1.82) is 0 Å². The Morgan fingerprint density at radius 3 is 2.60 bits per heavy atom. The van der Waals surface area contributed by atoms with Crippen molar-refractivity contribution < 1.29 is 9.13 Å². The fraction of sp³-hybridized carbons (Fsp3) is 0.250. The van der Waals surface area contributed by atoms with Gasteiger partial charge in [-0.15, -0.1) is 0 Å². The molecule has 0 bridgehead atoms. The van der Waals surface area contributed by atoms with E-state index in [1.54, 1.807) is 12.1 Å². The van der Waals surface area contributed by atoms with Gasteiger partial charge in [0.25, 0.3) is 0 Å². The second-order valence-corrected chi connectivity index (χ2v) is 4.61. The molecule has 2 N–H and O–H groups in total. The van der Waals surface area contributed by atoms with Gasteiger partial charge in [-0.2, -0.15) is 0 Å². The van der Waals surface area contributed by atoms with Crippen LogP contribution in [0.1, 0.15) is 13.3 Å². The van der Waals surface area contributed by atoms with E-state index in [9.17, 15) is 4.39 Å². The molecular formula is C16H19FN2O. The van der Waals surface area contributed by atoms with Crippen molar-refractivity contribution in [3.05, 3.63) is 48.3 Å². The van der Waals surface area contributed by atoms with Crippen molar-refractivity contribution in [2.24, 2.45) is 0 Å². The molecule has 0 aliphatic carbocycles. The quantitative estimate of drug-likeness (QED) is 0.839. The zero-order chi connectivity index (χ0) is 14.5. The lowest BCUT2D eigenvalue weighted by atomic mass is 10.2. The highest BCUT2D eigenvalue weighted by atomic mass is 19.1. The van der Waals surface area contributed by atoms with Crippen molar-refractivity contribution in [1.82, 2.24) is 0 Å². The number of nitrogen functional groups attached to an aromatic ring is 1. The van der Waals surface area contributed by atoms with Gasteiger partial charge in [0.2, 0.25) is 0 Å². The molecule has 106 valence electrons. The summed E-state index contributed by atoms with van der Waals surface area (Å²) in [7, 11) is 1.88. The molecule has 4 heteroatoms. The molecule has 2 aromatic rings. The van der Waals surface area contributed by atoms with Crippen LogP contribution in [-0.4, -0.2) is 13.7 Å². The van der Waals surface area contributed by atoms with Gasteiger partial charge in [0.15, 0.2) is 0 Å². The van der Waals surface area contributed by atoms with Gasteiger partial charge in [-0.25, -0.2) is 4.39 Å². The minimum absolute atomic E-state index is 0.257. The average molecular weight is 274 g/mol. The van der Waals surface area contributed by atoms with E-state index >= 15 is 0 Å². The lowest BCUT2D eigenvalue weighted by Gasteiger charge is -2.21. The minimum atomic E-state index is -0.257. The van der Waals surface area contributed by atoms with E-state index in [0.29, 0.717) is 18.0 Å². The summed E-state index contributed by atoms with van der Waals surface area (Å²) < 4.78 is 18.9. The van der Waals surface area contributed by atoms with Crippen LogP contribution in [0.4, 0.5) is 21.5 Å². The van der Waals surface area contributed by atoms with E-state index in [-0.39, 0.29) is 5.82 Å². The Hall–Kier alpha value is -2.23. The second kappa shape index (κ2) is 6.28. The Morgan fingerprint density at radius 1 is 1.15 bits per heavy atom. The van der Waals surface area contributed by atoms with Crippen LogP contribution in [0, 0.1) is 5.82 Å². The Balaban J connectivity index is 2.28. The molecule has 0 spiro atoms. The first-order chi connectivity index (χ1) is 9.61. The normalized spacial score (nSPS) is 10.3. The van der Waals surface area contributed by atoms with Crippen LogP contribution in [0.3, 0.4) is 0 Å². The summed E-state index contributed by atoms with van der Waals surface area (Å²) in [5, 5.41) is 0. The maximum atomic E-state index is 13.3. The van der Waals surface area contributed by atoms with Crippen molar-refractivity contribution in [3.8, 4) is 5.75 Å². The van der Waals surface area contributed by atoms with E-state index in [1.807, 2.05) is 37.1 Å². The third-order valence-electron chi connectivity index (χ3n) is 3.04. The van der Waals surface area contributed by atoms with Crippen LogP contribution >= 0.6 is 0 Å². The van der Waals surface area contributed by atoms with Crippen LogP contribution < -0.4 is 15.4 Å². The van der Waals surface area contributed by atoms with Gasteiger partial charge in [-0.05, 0) is 36.8 Å². The summed E-state index contributed by atoms with van der Waals surface area (Å²) in [5.74, 6) is 0.403. The number of ether oxygens (including phenoxy) is 1. The summed E-state index contributed by atoms with van der Waals surface area (Å²) in [4.78, 5) is 1.89. The Morgan fingerprint density at radius 2 is 1.90 bits per heavy atom. The Labute approximate surface area is 118 Å². The zero-order valence-corrected chi connectivity index (χ0v) is 11.8. The number of anilines is 3. The Kier molecular flexibility index (Phi) is 4.45. The average Bonchev–Trinajstić information content (AvgIpc) is 2.45. The molecule has 0 aliphatic rings. The molecule has 0 atom stereocenters. The third kappa shape index (κ3) is 3.20. The highest BCUT2D eigenvalue weighted by molar-refractivity contribution is 5.68. The van der Waals surface area contributed by atoms with Crippen LogP contribution in [0.5, 0.6) is 5.75 Å². The molecular weight excluding hydrogens is 255 g/mol. The highest BCUT2D eigenvalue weighted by Crippen LogP contribution is 2.31. The fourth-order valence-electron chi connectivity index (χ4n) is 1.90. The minimum Gasteiger partial charge on any atom is -0.491 e. The molecule has 0 unspecified atom stereocenters. The first kappa shape index (κ1) is 14.2. The maximum Gasteiger partial charge on any atom is 0.144 e. The van der Waals surface area contributed by atoms with Gasteiger partial charge in [-0.1, -0.05) is 13.0 Å². The predicted octanol–water partition coefficient (Wildman–Crippen LogP) is 3.96. The smallest absolute Gasteiger partial charge is 0.144 e. The standard InChI is InChI=1S/C16H19FN2O/c1-3-9-20-16-11-14(7-8-15(16)18)19(2)13-6-4-5-12(17)10-13/h4-8,10-11H,3,9,18H2,1-2H3. The Bertz CT molecular complexity index is 586. The van der Waals surface area contributed by atoms with Gasteiger partial charge >= 0.3 is 0 Å². The number of nitrogens with zero attached hydrogens (tertiary/aromatic N) is 1. The van der Waals surface area contributed by atoms with Gasteiger partial charge < -0.3 is 15.4 Å². The molecule has 0 heterocycles. The fourth-order valence-corrected chi connectivity index (χ4v) is 1.90. The summed E-state index contributed by atoms with van der Waals surface area (Å²) in [6.07, 6.45) is 0.920. The monoisotopic (exact) mass is 274 g/mol. The molecule has 0 aliphatic heterocycles. The topological polar surface area (TPSA) is 38.5 Å². The van der Waals surface area contributed by atoms with Gasteiger partial charge in [0, 0.05) is 24.5 Å². The van der Waals surface area contributed by atoms with Crippen molar-refractivity contribution in [3.63, 3.8) is 0 Å². The van der Waals surface area contributed by atoms with Crippen LogP contribution in [0.25, 0.3) is 0 Å². The molecule has 2 rings (SSSR count). The molecule has 0 saturated heterocycles. The van der Waals surface area contributed by atoms with E-state index in [4.69, 9.17) is 10.5 Å². The third-order valence-corrected chi connectivity index (χ3v) is 3.04. The predicted molar refractivity (Wildman–Crippen MR) is 81.1 cm³/mol. The summed E-state index contributed by atoms with van der Waals surface area (Å²) in [5.41, 5.74) is 8.17. The van der Waals surface area contributed by atoms with E-state index < -0.39 is 0 Å². The number of benzene rings is 2. The lowest BCUT2D eigenvalue weighted by Crippen LogP contribution is -2.10. The SMILES string of the molecule is CCCOc1cc(N(C)c2cccc(F)c2)ccc1N. The number of halogens is 1. The molecule has 3 nitrogen and oxygen atoms in total. The highest BCUT2D eigenvalue weighted by Gasteiger charge is 2.08. The number of hydrogen-bond acceptors (Lipinski definition) is 3. The first-order valence-corrected chi connectivity index (χ1v) is 6.63. The van der Waals surface area contributed by atoms with E-state index in [1.165, 1.54) is 12.1 Å². The summed E-state index contributed by atoms with van der Waals surface area (Å²) in [6.45, 7) is 2.66. The van der Waals surface area contributed by atoms with Gasteiger partial charge in [0.05, 0.1) is 12.3 Å². The van der Waals surface area contributed by atoms with Crippen LogP contribution in [0.15, 0.2) is 42.5 Å². The zero-order valence-electron chi connectivity index (χ0n) is 11.8. The summed E-state index contributed by atoms with van der Waals surface area (Å²) in [6, 6.07) is 12.0. The molecule has 0 aromatic heterocycles. The molecule has 0 saturated carbocycles. The molecule has 0 fully saturated rings. The largest absolute Gasteiger partial charge is 0.491 e. The molecule has 20 heavy (non-hydrogen) atoms.